The molecule has 1 atom stereocenters. The van der Waals surface area contributed by atoms with Gasteiger partial charge in [-0.15, -0.1) is 10.2 Å². The van der Waals surface area contributed by atoms with Gasteiger partial charge in [0.15, 0.2) is 0 Å². The second kappa shape index (κ2) is 3.43. The summed E-state index contributed by atoms with van der Waals surface area (Å²) in [5, 5.41) is 17.1. The van der Waals surface area contributed by atoms with Gasteiger partial charge in [0.05, 0.1) is 12.6 Å². The van der Waals surface area contributed by atoms with Crippen molar-refractivity contribution in [2.75, 3.05) is 13.1 Å². The van der Waals surface area contributed by atoms with Gasteiger partial charge in [-0.05, 0) is 6.42 Å². The second-order valence-corrected chi connectivity index (χ2v) is 3.54. The number of aromatic nitrogens is 3. The van der Waals surface area contributed by atoms with E-state index in [-0.39, 0.29) is 6.10 Å². The smallest absolute Gasteiger partial charge is 0.146 e. The van der Waals surface area contributed by atoms with Gasteiger partial charge in [0.1, 0.15) is 12.2 Å². The molecule has 1 aromatic rings. The number of nitrogens with zero attached hydrogens (tertiary/aromatic N) is 4. The van der Waals surface area contributed by atoms with Crippen molar-refractivity contribution in [3.63, 3.8) is 0 Å². The third-order valence-corrected chi connectivity index (χ3v) is 2.42. The first-order valence-corrected chi connectivity index (χ1v) is 4.49. The third-order valence-electron chi connectivity index (χ3n) is 2.42. The molecule has 13 heavy (non-hydrogen) atoms. The lowest BCUT2D eigenvalue weighted by atomic mass is 10.3. The Morgan fingerprint density at radius 1 is 1.69 bits per heavy atom. The Hall–Kier alpha value is -0.940. The van der Waals surface area contributed by atoms with Crippen molar-refractivity contribution in [2.24, 2.45) is 7.05 Å². The molecule has 1 fully saturated rings. The summed E-state index contributed by atoms with van der Waals surface area (Å²) in [6, 6.07) is 0. The molecule has 1 N–H and O–H groups in total. The zero-order valence-corrected chi connectivity index (χ0v) is 7.72. The lowest BCUT2D eigenvalue weighted by molar-refractivity contribution is 0.173. The van der Waals surface area contributed by atoms with E-state index in [1.165, 1.54) is 0 Å². The molecule has 0 radical (unpaired) electrons. The summed E-state index contributed by atoms with van der Waals surface area (Å²) in [7, 11) is 1.93. The Kier molecular flexibility index (Phi) is 2.28. The summed E-state index contributed by atoms with van der Waals surface area (Å²) in [4.78, 5) is 2.19. The number of rotatable bonds is 2. The first kappa shape index (κ1) is 8.65. The molecule has 2 rings (SSSR count). The minimum Gasteiger partial charge on any atom is -0.392 e. The maximum absolute atomic E-state index is 9.31. The van der Waals surface area contributed by atoms with Crippen LogP contribution < -0.4 is 0 Å². The van der Waals surface area contributed by atoms with Crippen LogP contribution in [-0.4, -0.2) is 44.0 Å². The predicted molar refractivity (Wildman–Crippen MR) is 46.9 cm³/mol. The van der Waals surface area contributed by atoms with Crippen LogP contribution in [0, 0.1) is 0 Å². The van der Waals surface area contributed by atoms with Crippen molar-refractivity contribution in [2.45, 2.75) is 19.1 Å². The first-order valence-electron chi connectivity index (χ1n) is 4.49. The standard InChI is InChI=1S/C8H14N4O/c1-11-6-9-10-8(11)5-12-3-2-7(13)4-12/h6-7,13H,2-5H2,1H3/t7-/m1/s1. The molecule has 1 aromatic heterocycles. The van der Waals surface area contributed by atoms with Crippen molar-refractivity contribution >= 4 is 0 Å². The van der Waals surface area contributed by atoms with Crippen LogP contribution in [0.3, 0.4) is 0 Å². The van der Waals surface area contributed by atoms with Crippen LogP contribution in [0.1, 0.15) is 12.2 Å². The molecule has 0 aliphatic carbocycles. The summed E-state index contributed by atoms with van der Waals surface area (Å²) < 4.78 is 1.91. The SMILES string of the molecule is Cn1cnnc1CN1CC[C@@H](O)C1. The van der Waals surface area contributed by atoms with Gasteiger partial charge in [-0.1, -0.05) is 0 Å². The van der Waals surface area contributed by atoms with Gasteiger partial charge in [-0.25, -0.2) is 0 Å². The van der Waals surface area contributed by atoms with Crippen LogP contribution in [-0.2, 0) is 13.6 Å². The molecule has 1 saturated heterocycles. The molecule has 0 aromatic carbocycles. The van der Waals surface area contributed by atoms with E-state index in [0.717, 1.165) is 31.9 Å². The number of hydrogen-bond donors (Lipinski definition) is 1. The van der Waals surface area contributed by atoms with Gasteiger partial charge in [0, 0.05) is 20.1 Å². The van der Waals surface area contributed by atoms with E-state index in [2.05, 4.69) is 15.1 Å². The molecule has 1 aliphatic heterocycles. The van der Waals surface area contributed by atoms with Gasteiger partial charge < -0.3 is 9.67 Å². The Bertz CT molecular complexity index is 285. The van der Waals surface area contributed by atoms with Gasteiger partial charge in [-0.3, -0.25) is 4.90 Å². The first-order chi connectivity index (χ1) is 6.25. The maximum Gasteiger partial charge on any atom is 0.146 e. The molecular formula is C8H14N4O. The van der Waals surface area contributed by atoms with Crippen LogP contribution in [0.2, 0.25) is 0 Å². The van der Waals surface area contributed by atoms with Gasteiger partial charge in [0.2, 0.25) is 0 Å². The Balaban J connectivity index is 1.95. The van der Waals surface area contributed by atoms with E-state index in [9.17, 15) is 5.11 Å². The van der Waals surface area contributed by atoms with Crippen LogP contribution in [0.5, 0.6) is 0 Å². The highest BCUT2D eigenvalue weighted by molar-refractivity contribution is 4.86. The van der Waals surface area contributed by atoms with E-state index in [4.69, 9.17) is 0 Å². The van der Waals surface area contributed by atoms with Gasteiger partial charge >= 0.3 is 0 Å². The monoisotopic (exact) mass is 182 g/mol. The van der Waals surface area contributed by atoms with Gasteiger partial charge in [0.25, 0.3) is 0 Å². The summed E-state index contributed by atoms with van der Waals surface area (Å²) in [5.41, 5.74) is 0. The molecule has 0 amide bonds. The molecule has 1 aliphatic rings. The van der Waals surface area contributed by atoms with Crippen LogP contribution >= 0.6 is 0 Å². The van der Waals surface area contributed by atoms with E-state index < -0.39 is 0 Å². The number of β-amino-alcohol motifs (C(OH)–C–C–N with tert-alkyl or cyclic N) is 1. The van der Waals surface area contributed by atoms with E-state index in [1.807, 2.05) is 11.6 Å². The van der Waals surface area contributed by atoms with Crippen molar-refractivity contribution in [3.05, 3.63) is 12.2 Å². The fourth-order valence-corrected chi connectivity index (χ4v) is 1.61. The number of aliphatic hydroxyl groups excluding tert-OH is 1. The molecule has 5 heteroatoms. The summed E-state index contributed by atoms with van der Waals surface area (Å²) in [6.07, 6.45) is 2.41. The molecule has 0 unspecified atom stereocenters. The van der Waals surface area contributed by atoms with E-state index in [1.54, 1.807) is 6.33 Å². The molecular weight excluding hydrogens is 168 g/mol. The van der Waals surface area contributed by atoms with Crippen LogP contribution in [0.4, 0.5) is 0 Å². The average molecular weight is 182 g/mol. The van der Waals surface area contributed by atoms with Crippen LogP contribution in [0.25, 0.3) is 0 Å². The summed E-state index contributed by atoms with van der Waals surface area (Å²) in [5.74, 6) is 0.953. The van der Waals surface area contributed by atoms with Crippen molar-refractivity contribution in [1.82, 2.24) is 19.7 Å². The second-order valence-electron chi connectivity index (χ2n) is 3.54. The average Bonchev–Trinajstić information content (AvgIpc) is 2.64. The Labute approximate surface area is 77.0 Å². The van der Waals surface area contributed by atoms with Crippen molar-refractivity contribution in [3.8, 4) is 0 Å². The van der Waals surface area contributed by atoms with E-state index >= 15 is 0 Å². The van der Waals surface area contributed by atoms with E-state index in [0.29, 0.717) is 0 Å². The molecule has 0 bridgehead atoms. The number of aryl methyl sites for hydroxylation is 1. The highest BCUT2D eigenvalue weighted by Crippen LogP contribution is 2.11. The van der Waals surface area contributed by atoms with Crippen molar-refractivity contribution < 1.29 is 5.11 Å². The largest absolute Gasteiger partial charge is 0.392 e. The Morgan fingerprint density at radius 2 is 2.54 bits per heavy atom. The maximum atomic E-state index is 9.31. The Morgan fingerprint density at radius 3 is 3.08 bits per heavy atom. The fraction of sp³-hybridized carbons (Fsp3) is 0.750. The zero-order chi connectivity index (χ0) is 9.26. The fourth-order valence-electron chi connectivity index (χ4n) is 1.61. The minimum atomic E-state index is -0.159. The quantitative estimate of drug-likeness (QED) is 0.662. The molecule has 72 valence electrons. The third kappa shape index (κ3) is 1.87. The topological polar surface area (TPSA) is 54.2 Å². The van der Waals surface area contributed by atoms with Crippen molar-refractivity contribution in [1.29, 1.82) is 0 Å². The highest BCUT2D eigenvalue weighted by Gasteiger charge is 2.21. The van der Waals surface area contributed by atoms with Crippen LogP contribution in [0.15, 0.2) is 6.33 Å². The normalized spacial score (nSPS) is 24.0. The lowest BCUT2D eigenvalue weighted by Crippen LogP contribution is -2.23. The zero-order valence-electron chi connectivity index (χ0n) is 7.72. The minimum absolute atomic E-state index is 0.159. The number of hydrogen-bond acceptors (Lipinski definition) is 4. The predicted octanol–water partition coefficient (Wildman–Crippen LogP) is -0.618. The number of aliphatic hydroxyl groups is 1. The molecule has 2 heterocycles. The molecule has 5 nitrogen and oxygen atoms in total. The summed E-state index contributed by atoms with van der Waals surface area (Å²) in [6.45, 7) is 2.49. The van der Waals surface area contributed by atoms with Gasteiger partial charge in [-0.2, -0.15) is 0 Å². The lowest BCUT2D eigenvalue weighted by Gasteiger charge is -2.13. The molecule has 0 spiro atoms. The highest BCUT2D eigenvalue weighted by atomic mass is 16.3. The molecule has 0 saturated carbocycles. The summed E-state index contributed by atoms with van der Waals surface area (Å²) >= 11 is 0. The number of likely N-dealkylation sites (tertiary alicyclic amines) is 1.